The molecular weight excluding hydrogens is 337 g/mol. The van der Waals surface area contributed by atoms with Gasteiger partial charge in [-0.25, -0.2) is 9.07 Å². The van der Waals surface area contributed by atoms with Crippen molar-refractivity contribution in [2.45, 2.75) is 13.5 Å². The zero-order valence-corrected chi connectivity index (χ0v) is 14.7. The highest BCUT2D eigenvalue weighted by Crippen LogP contribution is 2.18. The van der Waals surface area contributed by atoms with Gasteiger partial charge in [0.2, 0.25) is 0 Å². The van der Waals surface area contributed by atoms with Crippen molar-refractivity contribution < 1.29 is 18.3 Å². The fourth-order valence-corrected chi connectivity index (χ4v) is 2.68. The maximum Gasteiger partial charge on any atom is 0.257 e. The number of nitrogens with zero attached hydrogens (tertiary/aromatic N) is 3. The van der Waals surface area contributed by atoms with Crippen LogP contribution < -0.4 is 0 Å². The van der Waals surface area contributed by atoms with E-state index in [0.29, 0.717) is 42.4 Å². The monoisotopic (exact) mass is 357 g/mol. The molecule has 1 aromatic carbocycles. The lowest BCUT2D eigenvalue weighted by molar-refractivity contribution is 0.0666. The predicted molar refractivity (Wildman–Crippen MR) is 93.6 cm³/mol. The van der Waals surface area contributed by atoms with Crippen molar-refractivity contribution in [3.8, 4) is 5.69 Å². The molecule has 0 unspecified atom stereocenters. The summed E-state index contributed by atoms with van der Waals surface area (Å²) >= 11 is 0. The first-order chi connectivity index (χ1) is 12.6. The van der Waals surface area contributed by atoms with E-state index < -0.39 is 0 Å². The number of aromatic nitrogens is 2. The third-order valence-electron chi connectivity index (χ3n) is 4.09. The maximum absolute atomic E-state index is 13.1. The van der Waals surface area contributed by atoms with Crippen LogP contribution in [0.5, 0.6) is 0 Å². The van der Waals surface area contributed by atoms with Crippen molar-refractivity contribution in [2.24, 2.45) is 0 Å². The van der Waals surface area contributed by atoms with Crippen molar-refractivity contribution in [1.82, 2.24) is 14.7 Å². The van der Waals surface area contributed by atoms with Crippen LogP contribution in [0.2, 0.25) is 0 Å². The molecule has 0 radical (unpaired) electrons. The molecule has 0 N–H and O–H groups in total. The van der Waals surface area contributed by atoms with Crippen LogP contribution in [-0.4, -0.2) is 40.8 Å². The molecule has 0 aliphatic rings. The molecule has 3 aromatic rings. The minimum absolute atomic E-state index is 0.163. The van der Waals surface area contributed by atoms with Crippen LogP contribution in [0.4, 0.5) is 4.39 Å². The number of carbonyl (C=O) groups is 1. The fraction of sp³-hybridized carbons (Fsp3) is 0.263. The number of methoxy groups -OCH3 is 1. The molecule has 0 aliphatic heterocycles. The zero-order valence-electron chi connectivity index (χ0n) is 14.7. The molecule has 0 fully saturated rings. The Morgan fingerprint density at radius 3 is 2.73 bits per heavy atom. The summed E-state index contributed by atoms with van der Waals surface area (Å²) in [4.78, 5) is 14.7. The molecule has 0 bridgehead atoms. The van der Waals surface area contributed by atoms with Crippen molar-refractivity contribution >= 4 is 5.91 Å². The smallest absolute Gasteiger partial charge is 0.257 e. The summed E-state index contributed by atoms with van der Waals surface area (Å²) < 4.78 is 25.2. The molecule has 6 nitrogen and oxygen atoms in total. The molecule has 0 aliphatic carbocycles. The van der Waals surface area contributed by atoms with Gasteiger partial charge in [-0.1, -0.05) is 0 Å². The second-order valence-electron chi connectivity index (χ2n) is 5.83. The van der Waals surface area contributed by atoms with Gasteiger partial charge < -0.3 is 14.1 Å². The summed E-state index contributed by atoms with van der Waals surface area (Å²) in [5.41, 5.74) is 1.86. The van der Waals surface area contributed by atoms with Gasteiger partial charge >= 0.3 is 0 Å². The van der Waals surface area contributed by atoms with Gasteiger partial charge in [0, 0.05) is 13.7 Å². The van der Waals surface area contributed by atoms with Gasteiger partial charge in [0.15, 0.2) is 0 Å². The topological polar surface area (TPSA) is 60.5 Å². The Morgan fingerprint density at radius 1 is 1.31 bits per heavy atom. The van der Waals surface area contributed by atoms with Crippen molar-refractivity contribution in [3.63, 3.8) is 0 Å². The summed E-state index contributed by atoms with van der Waals surface area (Å²) in [6.07, 6.45) is 3.11. The highest BCUT2D eigenvalue weighted by Gasteiger charge is 2.22. The quantitative estimate of drug-likeness (QED) is 0.651. The third-order valence-corrected chi connectivity index (χ3v) is 4.09. The van der Waals surface area contributed by atoms with Gasteiger partial charge in [0.25, 0.3) is 5.91 Å². The van der Waals surface area contributed by atoms with Gasteiger partial charge in [-0.15, -0.1) is 0 Å². The molecule has 26 heavy (non-hydrogen) atoms. The molecule has 0 spiro atoms. The third kappa shape index (κ3) is 3.83. The lowest BCUT2D eigenvalue weighted by Gasteiger charge is -2.21. The van der Waals surface area contributed by atoms with Gasteiger partial charge in [-0.05, 0) is 43.3 Å². The lowest BCUT2D eigenvalue weighted by Crippen LogP contribution is -2.33. The van der Waals surface area contributed by atoms with E-state index in [1.54, 1.807) is 41.2 Å². The zero-order chi connectivity index (χ0) is 18.5. The Hall–Kier alpha value is -2.93. The lowest BCUT2D eigenvalue weighted by atomic mass is 10.2. The molecule has 7 heteroatoms. The first kappa shape index (κ1) is 17.9. The molecule has 136 valence electrons. The summed E-state index contributed by atoms with van der Waals surface area (Å²) in [6.45, 7) is 3.00. The Bertz CT molecular complexity index is 857. The van der Waals surface area contributed by atoms with E-state index in [1.165, 1.54) is 18.3 Å². The van der Waals surface area contributed by atoms with Crippen LogP contribution in [0, 0.1) is 12.7 Å². The fourth-order valence-electron chi connectivity index (χ4n) is 2.68. The van der Waals surface area contributed by atoms with Crippen LogP contribution in [0.25, 0.3) is 5.69 Å². The van der Waals surface area contributed by atoms with Crippen molar-refractivity contribution in [2.75, 3.05) is 20.3 Å². The van der Waals surface area contributed by atoms with Gasteiger partial charge in [0.05, 0.1) is 42.6 Å². The second kappa shape index (κ2) is 7.97. The SMILES string of the molecule is COCCN(Cc1ccco1)C(=O)c1cnn(-c2ccc(F)cc2)c1C. The summed E-state index contributed by atoms with van der Waals surface area (Å²) in [7, 11) is 1.59. The van der Waals surface area contributed by atoms with Crippen LogP contribution in [0.1, 0.15) is 21.8 Å². The number of hydrogen-bond acceptors (Lipinski definition) is 4. The average Bonchev–Trinajstić information content (AvgIpc) is 3.28. The molecule has 0 saturated carbocycles. The van der Waals surface area contributed by atoms with E-state index in [2.05, 4.69) is 5.10 Å². The Balaban J connectivity index is 1.85. The van der Waals surface area contributed by atoms with E-state index in [-0.39, 0.29) is 11.7 Å². The number of carbonyl (C=O) groups excluding carboxylic acids is 1. The van der Waals surface area contributed by atoms with E-state index in [1.807, 2.05) is 13.0 Å². The van der Waals surface area contributed by atoms with Crippen LogP contribution in [0.3, 0.4) is 0 Å². The van der Waals surface area contributed by atoms with E-state index in [0.717, 1.165) is 0 Å². The van der Waals surface area contributed by atoms with E-state index in [9.17, 15) is 9.18 Å². The van der Waals surface area contributed by atoms with Gasteiger partial charge in [0.1, 0.15) is 11.6 Å². The van der Waals surface area contributed by atoms with Crippen LogP contribution in [-0.2, 0) is 11.3 Å². The maximum atomic E-state index is 13.1. The van der Waals surface area contributed by atoms with Crippen molar-refractivity contribution in [3.05, 3.63) is 71.7 Å². The molecule has 1 amide bonds. The van der Waals surface area contributed by atoms with Crippen LogP contribution in [0.15, 0.2) is 53.3 Å². The standard InChI is InChI=1S/C19H20FN3O3/c1-14-18(12-21-23(14)16-7-5-15(20)6-8-16)19(24)22(9-11-25-2)13-17-4-3-10-26-17/h3-8,10,12H,9,11,13H2,1-2H3. The molecular formula is C19H20FN3O3. The summed E-state index contributed by atoms with van der Waals surface area (Å²) in [5.74, 6) is 0.210. The highest BCUT2D eigenvalue weighted by atomic mass is 19.1. The first-order valence-corrected chi connectivity index (χ1v) is 8.21. The molecule has 0 atom stereocenters. The number of ether oxygens (including phenoxy) is 1. The van der Waals surface area contributed by atoms with E-state index in [4.69, 9.17) is 9.15 Å². The highest BCUT2D eigenvalue weighted by molar-refractivity contribution is 5.95. The number of hydrogen-bond donors (Lipinski definition) is 0. The Labute approximate surface area is 150 Å². The number of halogens is 1. The van der Waals surface area contributed by atoms with E-state index >= 15 is 0 Å². The molecule has 2 aromatic heterocycles. The number of furan rings is 1. The number of benzene rings is 1. The Kier molecular flexibility index (Phi) is 5.48. The van der Waals surface area contributed by atoms with Gasteiger partial charge in [-0.3, -0.25) is 4.79 Å². The van der Waals surface area contributed by atoms with Crippen LogP contribution >= 0.6 is 0 Å². The average molecular weight is 357 g/mol. The molecule has 2 heterocycles. The number of rotatable bonds is 7. The second-order valence-corrected chi connectivity index (χ2v) is 5.83. The normalized spacial score (nSPS) is 10.9. The minimum Gasteiger partial charge on any atom is -0.467 e. The summed E-state index contributed by atoms with van der Waals surface area (Å²) in [5, 5.41) is 4.29. The number of amides is 1. The first-order valence-electron chi connectivity index (χ1n) is 8.21. The summed E-state index contributed by atoms with van der Waals surface area (Å²) in [6, 6.07) is 9.57. The molecule has 0 saturated heterocycles. The minimum atomic E-state index is -0.320. The van der Waals surface area contributed by atoms with Crippen molar-refractivity contribution in [1.29, 1.82) is 0 Å². The predicted octanol–water partition coefficient (Wildman–Crippen LogP) is 3.20. The van der Waals surface area contributed by atoms with Gasteiger partial charge in [-0.2, -0.15) is 5.10 Å². The molecule has 3 rings (SSSR count). The Morgan fingerprint density at radius 2 is 2.08 bits per heavy atom. The largest absolute Gasteiger partial charge is 0.467 e.